The molecule has 0 aromatic heterocycles. The molecule has 3 atom stereocenters. The first-order chi connectivity index (χ1) is 22.7. The lowest BCUT2D eigenvalue weighted by atomic mass is 9.80. The summed E-state index contributed by atoms with van der Waals surface area (Å²) in [6, 6.07) is 9.66. The molecule has 1 aliphatic rings. The quantitative estimate of drug-likeness (QED) is 0.0668. The van der Waals surface area contributed by atoms with E-state index in [-0.39, 0.29) is 31.1 Å². The van der Waals surface area contributed by atoms with Crippen molar-refractivity contribution in [2.45, 2.75) is 115 Å². The Labute approximate surface area is 281 Å². The maximum absolute atomic E-state index is 11.2. The molecule has 2 aromatic carbocycles. The number of carbonyl (C=O) groups is 1. The van der Waals surface area contributed by atoms with Crippen LogP contribution in [0, 0.1) is 5.92 Å². The van der Waals surface area contributed by atoms with Crippen LogP contribution in [-0.4, -0.2) is 64.5 Å². The second-order valence-corrected chi connectivity index (χ2v) is 12.5. The zero-order valence-electron chi connectivity index (χ0n) is 28.7. The number of aliphatic hydroxyl groups is 2. The first kappa shape index (κ1) is 39.9. The molecular formula is C38H58O9. The maximum Gasteiger partial charge on any atom is 0.303 e. The summed E-state index contributed by atoms with van der Waals surface area (Å²) in [5, 5.41) is 49.2. The molecule has 1 fully saturated rings. The van der Waals surface area contributed by atoms with Gasteiger partial charge in [-0.15, -0.1) is 0 Å². The third kappa shape index (κ3) is 14.2. The van der Waals surface area contributed by atoms with Gasteiger partial charge in [-0.25, -0.2) is 0 Å². The van der Waals surface area contributed by atoms with Gasteiger partial charge in [0.1, 0.15) is 0 Å². The zero-order chi connectivity index (χ0) is 34.5. The van der Waals surface area contributed by atoms with Crippen molar-refractivity contribution in [1.29, 1.82) is 0 Å². The van der Waals surface area contributed by atoms with Gasteiger partial charge in [-0.1, -0.05) is 82.6 Å². The fourth-order valence-electron chi connectivity index (χ4n) is 5.92. The molecule has 0 saturated carbocycles. The highest BCUT2D eigenvalue weighted by atomic mass is 16.5. The number of allylic oxidation sites excluding steroid dienone is 2. The molecule has 47 heavy (non-hydrogen) atoms. The van der Waals surface area contributed by atoms with E-state index in [4.69, 9.17) is 19.3 Å². The van der Waals surface area contributed by atoms with Crippen LogP contribution >= 0.6 is 0 Å². The van der Waals surface area contributed by atoms with Crippen molar-refractivity contribution in [1.82, 2.24) is 0 Å². The van der Waals surface area contributed by atoms with Gasteiger partial charge < -0.3 is 39.7 Å². The zero-order valence-corrected chi connectivity index (χ0v) is 28.7. The third-order valence-electron chi connectivity index (χ3n) is 8.70. The topological polar surface area (TPSA) is 146 Å². The molecule has 0 aliphatic carbocycles. The third-order valence-corrected chi connectivity index (χ3v) is 8.70. The van der Waals surface area contributed by atoms with Gasteiger partial charge in [-0.3, -0.25) is 4.79 Å². The van der Waals surface area contributed by atoms with Crippen molar-refractivity contribution in [3.05, 3.63) is 59.7 Å². The second kappa shape index (κ2) is 22.3. The molecule has 0 spiro atoms. The number of hydrogen-bond acceptors (Lipinski definition) is 8. The number of hydrogen-bond donors (Lipinski definition) is 5. The number of rotatable bonds is 21. The van der Waals surface area contributed by atoms with Crippen LogP contribution in [0.25, 0.3) is 0 Å². The molecule has 9 nitrogen and oxygen atoms in total. The van der Waals surface area contributed by atoms with Gasteiger partial charge in [-0.2, -0.15) is 0 Å². The lowest BCUT2D eigenvalue weighted by Gasteiger charge is -2.29. The van der Waals surface area contributed by atoms with E-state index in [0.717, 1.165) is 18.4 Å². The van der Waals surface area contributed by atoms with Gasteiger partial charge in [0.05, 0.1) is 39.1 Å². The summed E-state index contributed by atoms with van der Waals surface area (Å²) in [6.07, 6.45) is 20.9. The van der Waals surface area contributed by atoms with E-state index in [0.29, 0.717) is 23.5 Å². The largest absolute Gasteiger partial charge is 0.504 e. The van der Waals surface area contributed by atoms with E-state index in [2.05, 4.69) is 19.1 Å². The Morgan fingerprint density at radius 1 is 0.851 bits per heavy atom. The first-order valence-corrected chi connectivity index (χ1v) is 17.2. The highest BCUT2D eigenvalue weighted by Crippen LogP contribution is 2.44. The summed E-state index contributed by atoms with van der Waals surface area (Å²) in [5.41, 5.74) is 0.146. The van der Waals surface area contributed by atoms with Crippen molar-refractivity contribution < 1.29 is 44.5 Å². The number of benzene rings is 2. The second-order valence-electron chi connectivity index (χ2n) is 12.5. The Morgan fingerprint density at radius 3 is 1.98 bits per heavy atom. The monoisotopic (exact) mass is 658 g/mol. The molecule has 0 unspecified atom stereocenters. The van der Waals surface area contributed by atoms with Gasteiger partial charge in [0.25, 0.3) is 0 Å². The fraction of sp³-hybridized carbons (Fsp3) is 0.605. The predicted octanol–water partition coefficient (Wildman–Crippen LogP) is 7.88. The van der Waals surface area contributed by atoms with Crippen molar-refractivity contribution in [3.8, 4) is 23.0 Å². The number of aromatic hydroxyl groups is 2. The smallest absolute Gasteiger partial charge is 0.303 e. The van der Waals surface area contributed by atoms with Gasteiger partial charge in [-0.05, 0) is 67.5 Å². The Balaban J connectivity index is 0.000000345. The number of unbranched alkanes of at least 4 members (excludes halogenated alkanes) is 11. The van der Waals surface area contributed by atoms with Crippen LogP contribution in [0.4, 0.5) is 0 Å². The molecule has 1 aliphatic heterocycles. The van der Waals surface area contributed by atoms with Crippen LogP contribution in [0.1, 0.15) is 114 Å². The van der Waals surface area contributed by atoms with Crippen molar-refractivity contribution >= 4 is 5.97 Å². The minimum absolute atomic E-state index is 0.00578. The van der Waals surface area contributed by atoms with E-state index in [1.54, 1.807) is 24.3 Å². The van der Waals surface area contributed by atoms with Crippen molar-refractivity contribution in [2.75, 3.05) is 27.4 Å². The highest BCUT2D eigenvalue weighted by molar-refractivity contribution is 5.66. The van der Waals surface area contributed by atoms with Crippen molar-refractivity contribution in [3.63, 3.8) is 0 Å². The summed E-state index contributed by atoms with van der Waals surface area (Å²) in [4.78, 5) is 10.3. The van der Waals surface area contributed by atoms with Crippen LogP contribution in [0.15, 0.2) is 48.6 Å². The molecule has 0 amide bonds. The summed E-state index contributed by atoms with van der Waals surface area (Å²) in [5.74, 6) is -0.606. The molecule has 3 rings (SSSR count). The van der Waals surface area contributed by atoms with Crippen LogP contribution in [0.3, 0.4) is 0 Å². The van der Waals surface area contributed by atoms with E-state index in [9.17, 15) is 25.2 Å². The Hall–Kier alpha value is -3.27. The molecule has 0 radical (unpaired) electrons. The van der Waals surface area contributed by atoms with Crippen LogP contribution in [-0.2, 0) is 16.0 Å². The fourth-order valence-corrected chi connectivity index (χ4v) is 5.92. The van der Waals surface area contributed by atoms with Gasteiger partial charge in [0.2, 0.25) is 0 Å². The number of carboxylic acids is 1. The van der Waals surface area contributed by atoms with E-state index >= 15 is 0 Å². The summed E-state index contributed by atoms with van der Waals surface area (Å²) < 4.78 is 16.1. The lowest BCUT2D eigenvalue weighted by molar-refractivity contribution is -0.137. The Kier molecular flexibility index (Phi) is 19.0. The minimum atomic E-state index is -1.30. The predicted molar refractivity (Wildman–Crippen MR) is 184 cm³/mol. The number of aliphatic carboxylic acids is 1. The number of phenols is 2. The Bertz CT molecular complexity index is 1200. The molecule has 9 heteroatoms. The summed E-state index contributed by atoms with van der Waals surface area (Å²) in [7, 11) is 2.91. The van der Waals surface area contributed by atoms with Crippen LogP contribution in [0.2, 0.25) is 0 Å². The SMILES string of the molecule is CCCCCCCC/C=C\CCCCCCCC(=O)O.COc1cc(C[C@@]2(O)CO[C@H](c3ccc(O)c(OC)c3)[C@H]2CO)ccc1O. The minimum Gasteiger partial charge on any atom is -0.504 e. The van der Waals surface area contributed by atoms with Gasteiger partial charge >= 0.3 is 5.97 Å². The first-order valence-electron chi connectivity index (χ1n) is 17.2. The van der Waals surface area contributed by atoms with Crippen LogP contribution in [0.5, 0.6) is 23.0 Å². The number of ether oxygens (including phenoxy) is 3. The molecule has 0 bridgehead atoms. The number of carboxylic acid groups (broad SMARTS) is 1. The maximum atomic E-state index is 11.2. The molecule has 1 heterocycles. The van der Waals surface area contributed by atoms with E-state index in [1.807, 2.05) is 0 Å². The highest BCUT2D eigenvalue weighted by Gasteiger charge is 2.49. The van der Waals surface area contributed by atoms with Gasteiger partial charge in [0.15, 0.2) is 23.0 Å². The average Bonchev–Trinajstić information content (AvgIpc) is 3.39. The Morgan fingerprint density at radius 2 is 1.40 bits per heavy atom. The normalized spacial score (nSPS) is 19.0. The molecular weight excluding hydrogens is 600 g/mol. The number of aliphatic hydroxyl groups excluding tert-OH is 1. The number of phenolic OH excluding ortho intramolecular Hbond substituents is 2. The van der Waals surface area contributed by atoms with Crippen LogP contribution < -0.4 is 9.47 Å². The van der Waals surface area contributed by atoms with Gasteiger partial charge in [0, 0.05) is 18.8 Å². The van der Waals surface area contributed by atoms with E-state index < -0.39 is 23.6 Å². The summed E-state index contributed by atoms with van der Waals surface area (Å²) >= 11 is 0. The molecule has 264 valence electrons. The molecule has 2 aromatic rings. The molecule has 5 N–H and O–H groups in total. The molecule has 1 saturated heterocycles. The van der Waals surface area contributed by atoms with Crippen molar-refractivity contribution in [2.24, 2.45) is 5.92 Å². The standard InChI is InChI=1S/C20H24O7.C18H34O2/c1-25-17-7-12(3-5-15(17)22)9-20(24)11-27-19(14(20)10-21)13-4-6-16(23)18(8-13)26-2;1-2-3-4-5-6-7-8-9-10-11-12-13-14-15-16-17-18(19)20/h3-8,14,19,21-24H,9-11H2,1-2H3;9-10H,2-8,11-17H2,1H3,(H,19,20)/b;10-9-/t14-,19-,20-;/m1./s1. The summed E-state index contributed by atoms with van der Waals surface area (Å²) in [6.45, 7) is 2.02. The van der Waals surface area contributed by atoms with E-state index in [1.165, 1.54) is 97.0 Å². The average molecular weight is 659 g/mol. The number of methoxy groups -OCH3 is 2. The lowest BCUT2D eigenvalue weighted by Crippen LogP contribution is -2.41.